The summed E-state index contributed by atoms with van der Waals surface area (Å²) >= 11 is 6.02. The summed E-state index contributed by atoms with van der Waals surface area (Å²) in [5.74, 6) is 0.218. The largest absolute Gasteiger partial charge is 0.508 e. The van der Waals surface area contributed by atoms with E-state index in [1.54, 1.807) is 30.3 Å². The van der Waals surface area contributed by atoms with Crippen LogP contribution in [0.3, 0.4) is 0 Å². The van der Waals surface area contributed by atoms with Crippen LogP contribution in [0.2, 0.25) is 5.02 Å². The van der Waals surface area contributed by atoms with Gasteiger partial charge in [0.05, 0.1) is 6.26 Å². The second-order valence-corrected chi connectivity index (χ2v) is 20.4. The minimum Gasteiger partial charge on any atom is -0.508 e. The molecule has 0 aliphatic carbocycles. The van der Waals surface area contributed by atoms with Crippen LogP contribution in [0.5, 0.6) is 23.0 Å². The molecule has 0 atom stereocenters. The van der Waals surface area contributed by atoms with Crippen LogP contribution in [0.1, 0.15) is 131 Å². The van der Waals surface area contributed by atoms with Crippen molar-refractivity contribution in [3.63, 3.8) is 0 Å². The number of nitrogens with one attached hydrogen (secondary N) is 1. The van der Waals surface area contributed by atoms with Gasteiger partial charge in [-0.1, -0.05) is 145 Å². The van der Waals surface area contributed by atoms with Crippen molar-refractivity contribution in [3.8, 4) is 23.0 Å². The number of hydrogen-bond donors (Lipinski definition) is 5. The van der Waals surface area contributed by atoms with Crippen LogP contribution in [0.4, 0.5) is 5.69 Å². The molecule has 0 saturated heterocycles. The quantitative estimate of drug-likeness (QED) is 0.128. The molecule has 4 aromatic rings. The predicted molar refractivity (Wildman–Crippen MR) is 238 cm³/mol. The van der Waals surface area contributed by atoms with Gasteiger partial charge in [0.15, 0.2) is 11.5 Å². The number of aryl methyl sites for hydroxylation is 1. The Morgan fingerprint density at radius 3 is 1.45 bits per heavy atom. The number of phenolic OH excluding ortho intramolecular Hbond substituents is 4. The Morgan fingerprint density at radius 2 is 1.05 bits per heavy atom. The summed E-state index contributed by atoms with van der Waals surface area (Å²) < 4.78 is 23.7. The van der Waals surface area contributed by atoms with Crippen molar-refractivity contribution in [2.75, 3.05) is 11.0 Å². The smallest absolute Gasteiger partial charge is 0.229 e. The zero-order valence-corrected chi connectivity index (χ0v) is 37.4. The third-order valence-electron chi connectivity index (χ3n) is 7.51. The number of anilines is 1. The van der Waals surface area contributed by atoms with E-state index < -0.39 is 10.0 Å². The highest BCUT2D eigenvalue weighted by molar-refractivity contribution is 7.92. The van der Waals surface area contributed by atoms with E-state index in [2.05, 4.69) is 92.2 Å². The summed E-state index contributed by atoms with van der Waals surface area (Å²) in [7, 11) is -3.13. The predicted octanol–water partition coefficient (Wildman–Crippen LogP) is 13.1. The number of sulfonamides is 1. The Morgan fingerprint density at radius 1 is 0.582 bits per heavy atom. The minimum absolute atomic E-state index is 0. The maximum absolute atomic E-state index is 10.7. The summed E-state index contributed by atoms with van der Waals surface area (Å²) in [5.41, 5.74) is 7.29. The summed E-state index contributed by atoms with van der Waals surface area (Å²) in [4.78, 5) is 0. The van der Waals surface area contributed by atoms with Crippen LogP contribution >= 0.6 is 11.6 Å². The molecule has 4 aromatic carbocycles. The molecule has 0 aliphatic heterocycles. The fraction of sp³-hybridized carbons (Fsp3) is 0.478. The van der Waals surface area contributed by atoms with Crippen molar-refractivity contribution >= 4 is 27.3 Å². The number of benzene rings is 4. The van der Waals surface area contributed by atoms with Gasteiger partial charge in [0, 0.05) is 16.8 Å². The molecule has 55 heavy (non-hydrogen) atoms. The van der Waals surface area contributed by atoms with Crippen molar-refractivity contribution in [3.05, 3.63) is 111 Å². The number of rotatable bonds is 2. The molecular weight excluding hydrogens is 730 g/mol. The van der Waals surface area contributed by atoms with Gasteiger partial charge in [0.25, 0.3) is 0 Å². The molecule has 0 fully saturated rings. The molecule has 0 aliphatic rings. The van der Waals surface area contributed by atoms with Crippen molar-refractivity contribution in [1.82, 2.24) is 0 Å². The van der Waals surface area contributed by atoms with Crippen molar-refractivity contribution in [2.45, 2.75) is 134 Å². The van der Waals surface area contributed by atoms with Crippen LogP contribution in [0.15, 0.2) is 72.8 Å². The summed E-state index contributed by atoms with van der Waals surface area (Å²) in [6.07, 6.45) is 1.12. The summed E-state index contributed by atoms with van der Waals surface area (Å²) in [6, 6.07) is 21.5. The lowest BCUT2D eigenvalue weighted by Crippen LogP contribution is -2.12. The standard InChI is InChI=1S/C11H15Cl.2C11H16O2.C7H9NO2S.C5H12.CH4/c1-8-5-6-9(7-10(8)12)11(2,3)4;1-7-9(11(2,3)4)5-8(12)6-10(7)13;1-7-8(11(2,3)4)5-6-9(12)10(7)13;1-11(9,10)8-7-5-3-2-4-6-7;1-5(2,3)4;/h5-7H,1-4H3;2*5-6,12-13H,1-4H3;2-6,8H,1H3;1-4H3;1H4. The molecule has 7 nitrogen and oxygen atoms in total. The van der Waals surface area contributed by atoms with E-state index in [0.717, 1.165) is 39.1 Å². The maximum atomic E-state index is 10.7. The molecule has 0 amide bonds. The third kappa shape index (κ3) is 21.7. The van der Waals surface area contributed by atoms with Gasteiger partial charge >= 0.3 is 0 Å². The second kappa shape index (κ2) is 21.4. The van der Waals surface area contributed by atoms with E-state index in [0.29, 0.717) is 11.1 Å². The monoisotopic (exact) mass is 801 g/mol. The average Bonchev–Trinajstić information content (AvgIpc) is 2.97. The van der Waals surface area contributed by atoms with E-state index in [9.17, 15) is 28.8 Å². The summed E-state index contributed by atoms with van der Waals surface area (Å²) in [6.45, 7) is 33.4. The number of hydrogen-bond acceptors (Lipinski definition) is 6. The van der Waals surface area contributed by atoms with E-state index in [1.807, 2.05) is 53.7 Å². The highest BCUT2D eigenvalue weighted by Gasteiger charge is 2.20. The van der Waals surface area contributed by atoms with Gasteiger partial charge in [-0.15, -0.1) is 0 Å². The van der Waals surface area contributed by atoms with Crippen molar-refractivity contribution in [2.24, 2.45) is 5.41 Å². The van der Waals surface area contributed by atoms with Gasteiger partial charge in [-0.25, -0.2) is 8.42 Å². The first-order chi connectivity index (χ1) is 24.1. The Labute approximate surface area is 339 Å². The van der Waals surface area contributed by atoms with Gasteiger partial charge in [-0.3, -0.25) is 4.72 Å². The molecule has 0 heterocycles. The van der Waals surface area contributed by atoms with E-state index in [4.69, 9.17) is 11.6 Å². The van der Waals surface area contributed by atoms with E-state index in [-0.39, 0.29) is 46.7 Å². The summed E-state index contributed by atoms with van der Waals surface area (Å²) in [5, 5.41) is 38.4. The topological polar surface area (TPSA) is 127 Å². The first-order valence-corrected chi connectivity index (χ1v) is 20.3. The van der Waals surface area contributed by atoms with Crippen molar-refractivity contribution < 1.29 is 28.8 Å². The molecule has 0 radical (unpaired) electrons. The SMILES string of the molecule is C.CC(C)(C)C.CS(=O)(=O)Nc1ccccc1.Cc1c(C(C)(C)C)ccc(O)c1O.Cc1c(O)cc(O)cc1C(C)(C)C.Cc1ccc(C(C)(C)C)cc1Cl. The number of phenols is 4. The highest BCUT2D eigenvalue weighted by Crippen LogP contribution is 2.36. The fourth-order valence-electron chi connectivity index (χ4n) is 4.74. The van der Waals surface area contributed by atoms with Crippen LogP contribution in [0.25, 0.3) is 0 Å². The average molecular weight is 803 g/mol. The second-order valence-electron chi connectivity index (χ2n) is 18.2. The molecule has 0 unspecified atom stereocenters. The van der Waals surface area contributed by atoms with E-state index in [1.165, 1.54) is 17.7 Å². The van der Waals surface area contributed by atoms with Gasteiger partial charge < -0.3 is 20.4 Å². The normalized spacial score (nSPS) is 11.4. The Balaban J connectivity index is 0. The maximum Gasteiger partial charge on any atom is 0.229 e. The third-order valence-corrected chi connectivity index (χ3v) is 8.52. The van der Waals surface area contributed by atoms with Gasteiger partial charge in [-0.2, -0.15) is 0 Å². The molecule has 0 spiro atoms. The molecule has 4 rings (SSSR count). The first-order valence-electron chi connectivity index (χ1n) is 18.0. The minimum atomic E-state index is -3.13. The Bertz CT molecular complexity index is 1870. The van der Waals surface area contributed by atoms with E-state index >= 15 is 0 Å². The lowest BCUT2D eigenvalue weighted by Gasteiger charge is -2.22. The van der Waals surface area contributed by atoms with Crippen LogP contribution in [-0.2, 0) is 26.3 Å². The van der Waals surface area contributed by atoms with Crippen LogP contribution in [-0.4, -0.2) is 35.1 Å². The lowest BCUT2D eigenvalue weighted by atomic mass is 9.84. The molecular formula is C46H72ClNO6S. The Hall–Kier alpha value is -3.88. The van der Waals surface area contributed by atoms with Crippen LogP contribution < -0.4 is 4.72 Å². The number of para-hydroxylation sites is 1. The number of halogens is 1. The first kappa shape index (κ1) is 53.2. The molecule has 0 aromatic heterocycles. The molecule has 0 bridgehead atoms. The number of aromatic hydroxyl groups is 4. The fourth-order valence-corrected chi connectivity index (χ4v) is 5.49. The molecule has 0 saturated carbocycles. The van der Waals surface area contributed by atoms with Gasteiger partial charge in [0.2, 0.25) is 10.0 Å². The van der Waals surface area contributed by atoms with Gasteiger partial charge in [-0.05, 0) is 106 Å². The zero-order chi connectivity index (χ0) is 42.6. The molecule has 9 heteroatoms. The molecule has 5 N–H and O–H groups in total. The molecule has 310 valence electrons. The Kier molecular flexibility index (Phi) is 20.7. The van der Waals surface area contributed by atoms with Gasteiger partial charge in [0.1, 0.15) is 11.5 Å². The highest BCUT2D eigenvalue weighted by atomic mass is 35.5. The zero-order valence-electron chi connectivity index (χ0n) is 35.8. The van der Waals surface area contributed by atoms with Crippen LogP contribution in [0, 0.1) is 26.2 Å². The lowest BCUT2D eigenvalue weighted by molar-refractivity contribution is 0.398. The van der Waals surface area contributed by atoms with Crippen molar-refractivity contribution in [1.29, 1.82) is 0 Å².